The second-order valence-corrected chi connectivity index (χ2v) is 6.86. The number of rotatable bonds is 5. The monoisotopic (exact) mass is 368 g/mol. The molecule has 0 aliphatic heterocycles. The van der Waals surface area contributed by atoms with E-state index in [9.17, 15) is 9.59 Å². The highest BCUT2D eigenvalue weighted by molar-refractivity contribution is 5.77. The third-order valence-corrected chi connectivity index (χ3v) is 4.97. The largest absolute Gasteiger partial charge is 0.343 e. The normalized spacial score (nSPS) is 15.9. The molecule has 3 aromatic rings. The lowest BCUT2D eigenvalue weighted by atomic mass is 9.96. The molecule has 1 N–H and O–H groups in total. The van der Waals surface area contributed by atoms with Gasteiger partial charge in [-0.3, -0.25) is 9.59 Å². The second kappa shape index (κ2) is 6.90. The molecule has 27 heavy (non-hydrogen) atoms. The number of nitrogens with zero attached hydrogens (tertiary/aromatic N) is 5. The summed E-state index contributed by atoms with van der Waals surface area (Å²) in [5, 5.41) is 15.5. The van der Waals surface area contributed by atoms with Gasteiger partial charge in [0.05, 0.1) is 11.9 Å². The molecule has 1 fully saturated rings. The summed E-state index contributed by atoms with van der Waals surface area (Å²) >= 11 is 0. The number of fused-ring (bicyclic) bond motifs is 1. The van der Waals surface area contributed by atoms with Crippen LogP contribution in [-0.2, 0) is 16.9 Å². The van der Waals surface area contributed by atoms with Crippen molar-refractivity contribution in [1.29, 1.82) is 0 Å². The van der Waals surface area contributed by atoms with Crippen LogP contribution in [0.25, 0.3) is 10.9 Å². The highest BCUT2D eigenvalue weighted by Crippen LogP contribution is 2.37. The molecule has 1 aliphatic carbocycles. The summed E-state index contributed by atoms with van der Waals surface area (Å²) in [7, 11) is 0. The standard InChI is InChI=1S/C18H20N6O3/c1-12-19-17(22-27-12)18(9-4-5-10-18)20-15(25)8-11-24-16(26)13-6-2-3-7-14(13)21-23-24/h2-3,6-7H,4-5,8-11H2,1H3,(H,20,25). The first-order valence-corrected chi connectivity index (χ1v) is 9.02. The van der Waals surface area contributed by atoms with Crippen LogP contribution >= 0.6 is 0 Å². The fourth-order valence-corrected chi connectivity index (χ4v) is 3.58. The molecule has 4 rings (SSSR count). The van der Waals surface area contributed by atoms with Crippen molar-refractivity contribution < 1.29 is 9.32 Å². The van der Waals surface area contributed by atoms with Crippen molar-refractivity contribution in [3.63, 3.8) is 0 Å². The molecule has 0 atom stereocenters. The first-order valence-electron chi connectivity index (χ1n) is 9.02. The van der Waals surface area contributed by atoms with Gasteiger partial charge in [0.1, 0.15) is 11.1 Å². The minimum absolute atomic E-state index is 0.117. The van der Waals surface area contributed by atoms with Gasteiger partial charge in [-0.15, -0.1) is 5.10 Å². The summed E-state index contributed by atoms with van der Waals surface area (Å²) < 4.78 is 6.32. The minimum Gasteiger partial charge on any atom is -0.343 e. The van der Waals surface area contributed by atoms with E-state index in [-0.39, 0.29) is 24.4 Å². The van der Waals surface area contributed by atoms with E-state index < -0.39 is 5.54 Å². The Balaban J connectivity index is 1.48. The molecule has 9 nitrogen and oxygen atoms in total. The van der Waals surface area contributed by atoms with E-state index in [2.05, 4.69) is 25.8 Å². The minimum atomic E-state index is -0.588. The lowest BCUT2D eigenvalue weighted by molar-refractivity contribution is -0.123. The molecule has 0 spiro atoms. The Morgan fingerprint density at radius 1 is 1.30 bits per heavy atom. The Labute approximate surface area is 154 Å². The van der Waals surface area contributed by atoms with Crippen molar-refractivity contribution in [3.8, 4) is 0 Å². The van der Waals surface area contributed by atoms with Crippen molar-refractivity contribution in [2.24, 2.45) is 0 Å². The van der Waals surface area contributed by atoms with Crippen molar-refractivity contribution in [1.82, 2.24) is 30.5 Å². The predicted octanol–water partition coefficient (Wildman–Crippen LogP) is 1.46. The van der Waals surface area contributed by atoms with E-state index in [1.54, 1.807) is 31.2 Å². The topological polar surface area (TPSA) is 116 Å². The van der Waals surface area contributed by atoms with E-state index in [0.29, 0.717) is 22.6 Å². The summed E-state index contributed by atoms with van der Waals surface area (Å²) in [6, 6.07) is 7.01. The van der Waals surface area contributed by atoms with Crippen LogP contribution in [0, 0.1) is 6.92 Å². The maximum absolute atomic E-state index is 12.6. The van der Waals surface area contributed by atoms with Crippen LogP contribution in [0.5, 0.6) is 0 Å². The molecule has 0 bridgehead atoms. The highest BCUT2D eigenvalue weighted by Gasteiger charge is 2.41. The Bertz CT molecular complexity index is 1030. The maximum atomic E-state index is 12.6. The number of nitrogens with one attached hydrogen (secondary N) is 1. The zero-order valence-electron chi connectivity index (χ0n) is 15.0. The van der Waals surface area contributed by atoms with Crippen molar-refractivity contribution in [2.45, 2.75) is 51.1 Å². The zero-order valence-corrected chi connectivity index (χ0v) is 15.0. The Kier molecular flexibility index (Phi) is 4.43. The molecule has 1 amide bonds. The lowest BCUT2D eigenvalue weighted by Gasteiger charge is -2.26. The first-order chi connectivity index (χ1) is 13.1. The summed E-state index contributed by atoms with van der Waals surface area (Å²) in [5.74, 6) is 0.818. The van der Waals surface area contributed by atoms with Gasteiger partial charge in [0, 0.05) is 13.3 Å². The number of hydrogen-bond acceptors (Lipinski definition) is 7. The number of hydrogen-bond donors (Lipinski definition) is 1. The lowest BCUT2D eigenvalue weighted by Crippen LogP contribution is -2.45. The van der Waals surface area contributed by atoms with Crippen LogP contribution in [0.15, 0.2) is 33.6 Å². The number of aryl methyl sites for hydroxylation is 2. The third kappa shape index (κ3) is 3.32. The first kappa shape index (κ1) is 17.3. The fourth-order valence-electron chi connectivity index (χ4n) is 3.58. The molecule has 1 aliphatic rings. The number of aromatic nitrogens is 5. The average Bonchev–Trinajstić information content (AvgIpc) is 3.31. The Hall–Kier alpha value is -3.10. The van der Waals surface area contributed by atoms with Gasteiger partial charge in [-0.2, -0.15) is 4.98 Å². The summed E-state index contributed by atoms with van der Waals surface area (Å²) in [6.07, 6.45) is 3.64. The molecular weight excluding hydrogens is 348 g/mol. The van der Waals surface area contributed by atoms with Crippen LogP contribution < -0.4 is 10.9 Å². The predicted molar refractivity (Wildman–Crippen MR) is 95.7 cm³/mol. The highest BCUT2D eigenvalue weighted by atomic mass is 16.5. The van der Waals surface area contributed by atoms with Crippen molar-refractivity contribution in [3.05, 3.63) is 46.3 Å². The van der Waals surface area contributed by atoms with Crippen molar-refractivity contribution in [2.75, 3.05) is 0 Å². The summed E-state index contributed by atoms with van der Waals surface area (Å²) in [6.45, 7) is 1.88. The third-order valence-electron chi connectivity index (χ3n) is 4.97. The average molecular weight is 368 g/mol. The number of carbonyl (C=O) groups excluding carboxylic acids is 1. The van der Waals surface area contributed by atoms with Crippen LogP contribution in [0.2, 0.25) is 0 Å². The number of benzene rings is 1. The van der Waals surface area contributed by atoms with E-state index in [1.165, 1.54) is 4.68 Å². The molecule has 1 saturated carbocycles. The fraction of sp³-hybridized carbons (Fsp3) is 0.444. The molecule has 9 heteroatoms. The summed E-state index contributed by atoms with van der Waals surface area (Å²) in [4.78, 5) is 29.4. The van der Waals surface area contributed by atoms with Gasteiger partial charge in [0.15, 0.2) is 5.82 Å². The molecule has 140 valence electrons. The molecule has 2 aromatic heterocycles. The van der Waals surface area contributed by atoms with E-state index in [4.69, 9.17) is 4.52 Å². The Morgan fingerprint density at radius 2 is 2.07 bits per heavy atom. The molecular formula is C18H20N6O3. The van der Waals surface area contributed by atoms with Gasteiger partial charge < -0.3 is 9.84 Å². The van der Waals surface area contributed by atoms with Gasteiger partial charge in [0.2, 0.25) is 11.8 Å². The molecule has 0 unspecified atom stereocenters. The van der Waals surface area contributed by atoms with Gasteiger partial charge in [-0.05, 0) is 25.0 Å². The zero-order chi connectivity index (χ0) is 18.9. The van der Waals surface area contributed by atoms with Gasteiger partial charge in [0.25, 0.3) is 5.56 Å². The number of amides is 1. The van der Waals surface area contributed by atoms with Gasteiger partial charge >= 0.3 is 0 Å². The summed E-state index contributed by atoms with van der Waals surface area (Å²) in [5.41, 5.74) is -0.298. The maximum Gasteiger partial charge on any atom is 0.277 e. The van der Waals surface area contributed by atoms with Crippen LogP contribution in [0.1, 0.15) is 43.8 Å². The SMILES string of the molecule is Cc1nc(C2(NC(=O)CCn3nnc4ccccc4c3=O)CCCC2)no1. The van der Waals surface area contributed by atoms with Crippen LogP contribution in [0.4, 0.5) is 0 Å². The van der Waals surface area contributed by atoms with Crippen LogP contribution in [0.3, 0.4) is 0 Å². The molecule has 1 aromatic carbocycles. The van der Waals surface area contributed by atoms with Crippen LogP contribution in [-0.4, -0.2) is 31.0 Å². The second-order valence-electron chi connectivity index (χ2n) is 6.86. The smallest absolute Gasteiger partial charge is 0.277 e. The number of carbonyl (C=O) groups is 1. The molecule has 0 saturated heterocycles. The molecule has 0 radical (unpaired) electrons. The van der Waals surface area contributed by atoms with E-state index in [0.717, 1.165) is 25.7 Å². The quantitative estimate of drug-likeness (QED) is 0.724. The molecule has 2 heterocycles. The Morgan fingerprint density at radius 3 is 2.81 bits per heavy atom. The van der Waals surface area contributed by atoms with E-state index in [1.807, 2.05) is 0 Å². The van der Waals surface area contributed by atoms with E-state index >= 15 is 0 Å². The van der Waals surface area contributed by atoms with Gasteiger partial charge in [-0.25, -0.2) is 4.68 Å². The van der Waals surface area contributed by atoms with Crippen molar-refractivity contribution >= 4 is 16.8 Å². The van der Waals surface area contributed by atoms with Gasteiger partial charge in [-0.1, -0.05) is 35.3 Å².